The van der Waals surface area contributed by atoms with Crippen LogP contribution in [0.5, 0.6) is 0 Å². The van der Waals surface area contributed by atoms with Gasteiger partial charge in [-0.3, -0.25) is 4.68 Å². The minimum Gasteiger partial charge on any atom is -0.385 e. The highest BCUT2D eigenvalue weighted by atomic mass is 16.3. The standard InChI is InChI=1S/C10H18N2O/c1-5-8(2)10(3,13)9-6-11-12(4)7-9/h6-8,13H,5H2,1-4H3. The van der Waals surface area contributed by atoms with Crippen molar-refractivity contribution < 1.29 is 5.11 Å². The van der Waals surface area contributed by atoms with Crippen LogP contribution in [-0.4, -0.2) is 14.9 Å². The molecule has 74 valence electrons. The number of aryl methyl sites for hydroxylation is 1. The van der Waals surface area contributed by atoms with Crippen molar-refractivity contribution in [2.45, 2.75) is 32.8 Å². The summed E-state index contributed by atoms with van der Waals surface area (Å²) in [5, 5.41) is 14.3. The van der Waals surface area contributed by atoms with E-state index in [0.29, 0.717) is 0 Å². The molecular formula is C10H18N2O. The van der Waals surface area contributed by atoms with Gasteiger partial charge in [0.1, 0.15) is 0 Å². The van der Waals surface area contributed by atoms with Gasteiger partial charge in [-0.05, 0) is 12.8 Å². The molecule has 1 N–H and O–H groups in total. The summed E-state index contributed by atoms with van der Waals surface area (Å²) in [4.78, 5) is 0. The smallest absolute Gasteiger partial charge is 0.0924 e. The van der Waals surface area contributed by atoms with Crippen LogP contribution in [0, 0.1) is 5.92 Å². The summed E-state index contributed by atoms with van der Waals surface area (Å²) in [6.07, 6.45) is 4.56. The molecule has 1 aromatic heterocycles. The van der Waals surface area contributed by atoms with Gasteiger partial charge in [0, 0.05) is 18.8 Å². The zero-order valence-corrected chi connectivity index (χ0v) is 8.78. The van der Waals surface area contributed by atoms with Gasteiger partial charge in [-0.2, -0.15) is 5.10 Å². The van der Waals surface area contributed by atoms with Crippen molar-refractivity contribution >= 4 is 0 Å². The Labute approximate surface area is 79.4 Å². The molecule has 2 atom stereocenters. The third kappa shape index (κ3) is 1.91. The van der Waals surface area contributed by atoms with E-state index in [1.54, 1.807) is 10.9 Å². The molecule has 2 unspecified atom stereocenters. The number of rotatable bonds is 3. The van der Waals surface area contributed by atoms with Crippen LogP contribution in [0.15, 0.2) is 12.4 Å². The van der Waals surface area contributed by atoms with Gasteiger partial charge in [0.15, 0.2) is 0 Å². The summed E-state index contributed by atoms with van der Waals surface area (Å²) in [7, 11) is 1.86. The molecule has 0 aliphatic carbocycles. The maximum absolute atomic E-state index is 10.2. The van der Waals surface area contributed by atoms with E-state index in [0.717, 1.165) is 12.0 Å². The Morgan fingerprint density at radius 1 is 1.69 bits per heavy atom. The van der Waals surface area contributed by atoms with Crippen molar-refractivity contribution in [3.05, 3.63) is 18.0 Å². The monoisotopic (exact) mass is 182 g/mol. The van der Waals surface area contributed by atoms with Gasteiger partial charge >= 0.3 is 0 Å². The summed E-state index contributed by atoms with van der Waals surface area (Å²) in [6, 6.07) is 0. The first kappa shape index (κ1) is 10.3. The quantitative estimate of drug-likeness (QED) is 0.772. The maximum Gasteiger partial charge on any atom is 0.0924 e. The number of aliphatic hydroxyl groups is 1. The molecule has 0 saturated carbocycles. The number of nitrogens with zero attached hydrogens (tertiary/aromatic N) is 2. The van der Waals surface area contributed by atoms with Gasteiger partial charge in [0.25, 0.3) is 0 Å². The lowest BCUT2D eigenvalue weighted by molar-refractivity contribution is -0.0000424. The van der Waals surface area contributed by atoms with Crippen LogP contribution in [0.3, 0.4) is 0 Å². The van der Waals surface area contributed by atoms with Crippen LogP contribution in [0.2, 0.25) is 0 Å². The largest absolute Gasteiger partial charge is 0.385 e. The van der Waals surface area contributed by atoms with E-state index in [1.807, 2.05) is 27.1 Å². The molecule has 1 rings (SSSR count). The van der Waals surface area contributed by atoms with Crippen molar-refractivity contribution in [1.82, 2.24) is 9.78 Å². The van der Waals surface area contributed by atoms with Crippen LogP contribution < -0.4 is 0 Å². The van der Waals surface area contributed by atoms with E-state index in [4.69, 9.17) is 0 Å². The van der Waals surface area contributed by atoms with Crippen molar-refractivity contribution in [1.29, 1.82) is 0 Å². The molecule has 1 aromatic rings. The minimum atomic E-state index is -0.761. The van der Waals surface area contributed by atoms with Gasteiger partial charge in [-0.15, -0.1) is 0 Å². The first-order valence-corrected chi connectivity index (χ1v) is 4.70. The van der Waals surface area contributed by atoms with E-state index < -0.39 is 5.60 Å². The zero-order chi connectivity index (χ0) is 10.1. The van der Waals surface area contributed by atoms with Crippen LogP contribution in [-0.2, 0) is 12.6 Å². The molecule has 0 amide bonds. The average molecular weight is 182 g/mol. The molecule has 0 aliphatic heterocycles. The van der Waals surface area contributed by atoms with E-state index in [2.05, 4.69) is 12.0 Å². The predicted octanol–water partition coefficient (Wildman–Crippen LogP) is 1.67. The first-order chi connectivity index (χ1) is 5.98. The van der Waals surface area contributed by atoms with Crippen LogP contribution in [0.1, 0.15) is 32.8 Å². The van der Waals surface area contributed by atoms with E-state index in [1.165, 1.54) is 0 Å². The zero-order valence-electron chi connectivity index (χ0n) is 8.78. The Morgan fingerprint density at radius 3 is 2.69 bits per heavy atom. The van der Waals surface area contributed by atoms with Crippen molar-refractivity contribution in [2.24, 2.45) is 13.0 Å². The molecule has 1 heterocycles. The molecule has 3 heteroatoms. The van der Waals surface area contributed by atoms with Gasteiger partial charge in [0.2, 0.25) is 0 Å². The summed E-state index contributed by atoms with van der Waals surface area (Å²) in [5.74, 6) is 0.247. The topological polar surface area (TPSA) is 38.1 Å². The Morgan fingerprint density at radius 2 is 2.31 bits per heavy atom. The predicted molar refractivity (Wildman–Crippen MR) is 52.2 cm³/mol. The lowest BCUT2D eigenvalue weighted by Gasteiger charge is -2.28. The van der Waals surface area contributed by atoms with Crippen LogP contribution in [0.25, 0.3) is 0 Å². The van der Waals surface area contributed by atoms with Crippen LogP contribution in [0.4, 0.5) is 0 Å². The Kier molecular flexibility index (Phi) is 2.76. The Balaban J connectivity index is 2.92. The highest BCUT2D eigenvalue weighted by Crippen LogP contribution is 2.30. The second-order valence-electron chi connectivity index (χ2n) is 3.86. The van der Waals surface area contributed by atoms with Gasteiger partial charge < -0.3 is 5.11 Å². The van der Waals surface area contributed by atoms with E-state index >= 15 is 0 Å². The fourth-order valence-corrected chi connectivity index (χ4v) is 1.36. The third-order valence-corrected chi connectivity index (χ3v) is 2.86. The van der Waals surface area contributed by atoms with Crippen molar-refractivity contribution in [3.63, 3.8) is 0 Å². The second-order valence-corrected chi connectivity index (χ2v) is 3.86. The fourth-order valence-electron chi connectivity index (χ4n) is 1.36. The Bertz CT molecular complexity index is 278. The lowest BCUT2D eigenvalue weighted by Crippen LogP contribution is -2.29. The fraction of sp³-hybridized carbons (Fsp3) is 0.700. The number of hydrogen-bond donors (Lipinski definition) is 1. The minimum absolute atomic E-state index is 0.247. The summed E-state index contributed by atoms with van der Waals surface area (Å²) >= 11 is 0. The average Bonchev–Trinajstić information content (AvgIpc) is 2.50. The van der Waals surface area contributed by atoms with Gasteiger partial charge in [-0.25, -0.2) is 0 Å². The molecule has 0 radical (unpaired) electrons. The normalized spacial score (nSPS) is 18.2. The summed E-state index contributed by atoms with van der Waals surface area (Å²) < 4.78 is 1.71. The number of aromatic nitrogens is 2. The molecule has 0 aromatic carbocycles. The molecule has 0 saturated heterocycles. The van der Waals surface area contributed by atoms with E-state index in [9.17, 15) is 5.11 Å². The SMILES string of the molecule is CCC(C)C(C)(O)c1cnn(C)c1. The molecule has 0 spiro atoms. The molecule has 0 aliphatic rings. The highest BCUT2D eigenvalue weighted by Gasteiger charge is 2.30. The Hall–Kier alpha value is -0.830. The maximum atomic E-state index is 10.2. The van der Waals surface area contributed by atoms with Gasteiger partial charge in [-0.1, -0.05) is 20.3 Å². The lowest BCUT2D eigenvalue weighted by atomic mass is 9.84. The summed E-state index contributed by atoms with van der Waals surface area (Å²) in [5.41, 5.74) is 0.132. The molecule has 0 bridgehead atoms. The summed E-state index contributed by atoms with van der Waals surface area (Å²) in [6.45, 7) is 5.97. The highest BCUT2D eigenvalue weighted by molar-refractivity contribution is 5.14. The first-order valence-electron chi connectivity index (χ1n) is 4.70. The third-order valence-electron chi connectivity index (χ3n) is 2.86. The van der Waals surface area contributed by atoms with Crippen molar-refractivity contribution in [3.8, 4) is 0 Å². The second kappa shape index (κ2) is 3.50. The van der Waals surface area contributed by atoms with Crippen LogP contribution >= 0.6 is 0 Å². The molecule has 3 nitrogen and oxygen atoms in total. The molecule has 13 heavy (non-hydrogen) atoms. The van der Waals surface area contributed by atoms with E-state index in [-0.39, 0.29) is 5.92 Å². The van der Waals surface area contributed by atoms with Crippen molar-refractivity contribution in [2.75, 3.05) is 0 Å². The molecular weight excluding hydrogens is 164 g/mol. The van der Waals surface area contributed by atoms with Gasteiger partial charge in [0.05, 0.1) is 11.8 Å². The number of hydrogen-bond acceptors (Lipinski definition) is 2. The molecule has 0 fully saturated rings.